The fourth-order valence-corrected chi connectivity index (χ4v) is 6.07. The normalized spacial score (nSPS) is 21.8. The predicted molar refractivity (Wildman–Crippen MR) is 171 cm³/mol. The van der Waals surface area contributed by atoms with Crippen LogP contribution in [-0.2, 0) is 48.3 Å². The van der Waals surface area contributed by atoms with Crippen LogP contribution in [0, 0.1) is 0 Å². The summed E-state index contributed by atoms with van der Waals surface area (Å²) in [5.41, 5.74) is 2.42. The van der Waals surface area contributed by atoms with E-state index < -0.39 is 35.8 Å². The Morgan fingerprint density at radius 2 is 1.37 bits per heavy atom. The third-order valence-electron chi connectivity index (χ3n) is 7.23. The third-order valence-corrected chi connectivity index (χ3v) is 8.27. The number of hydrogen-bond acceptors (Lipinski definition) is 7. The van der Waals surface area contributed by atoms with Crippen molar-refractivity contribution in [2.75, 3.05) is 12.4 Å². The monoisotopic (exact) mass is 598 g/mol. The Bertz CT molecular complexity index is 1450. The summed E-state index contributed by atoms with van der Waals surface area (Å²) in [5.74, 6) is 0.263. The van der Waals surface area contributed by atoms with Crippen LogP contribution < -0.4 is 0 Å². The molecule has 0 aliphatic carbocycles. The molecule has 0 N–H and O–H groups in total. The van der Waals surface area contributed by atoms with Crippen LogP contribution in [-0.4, -0.2) is 48.2 Å². The molecule has 7 heteroatoms. The molecule has 5 atom stereocenters. The second kappa shape index (κ2) is 15.8. The molecular weight excluding hydrogens is 560 g/mol. The minimum Gasteiger partial charge on any atom is -0.459 e. The minimum absolute atomic E-state index is 0.136. The zero-order chi connectivity index (χ0) is 29.9. The number of carbonyl (C=O) groups is 1. The summed E-state index contributed by atoms with van der Waals surface area (Å²) in [6.07, 6.45) is -1.23. The summed E-state index contributed by atoms with van der Waals surface area (Å²) < 4.78 is 31.7. The topological polar surface area (TPSA) is 63.2 Å². The summed E-state index contributed by atoms with van der Waals surface area (Å²) >= 11 is 1.57. The van der Waals surface area contributed by atoms with E-state index in [0.29, 0.717) is 6.61 Å². The SMILES string of the molecule is C=CCO[C@@H]1[C@@H](OCc2ccc3ccccc3c2)[C@H](SCC)O[C@H](C(=O)OCc2ccccc2)[C@H]1OCc1ccccc1. The average Bonchev–Trinajstić information content (AvgIpc) is 3.05. The van der Waals surface area contributed by atoms with Crippen LogP contribution in [0.2, 0.25) is 0 Å². The number of esters is 1. The maximum Gasteiger partial charge on any atom is 0.338 e. The highest BCUT2D eigenvalue weighted by atomic mass is 32.2. The molecule has 0 saturated carbocycles. The smallest absolute Gasteiger partial charge is 0.338 e. The van der Waals surface area contributed by atoms with E-state index in [9.17, 15) is 4.79 Å². The molecule has 1 saturated heterocycles. The van der Waals surface area contributed by atoms with Crippen molar-refractivity contribution < 1.29 is 28.5 Å². The van der Waals surface area contributed by atoms with Gasteiger partial charge in [-0.3, -0.25) is 0 Å². The van der Waals surface area contributed by atoms with Gasteiger partial charge in [0.2, 0.25) is 0 Å². The largest absolute Gasteiger partial charge is 0.459 e. The van der Waals surface area contributed by atoms with Gasteiger partial charge >= 0.3 is 5.97 Å². The van der Waals surface area contributed by atoms with Crippen molar-refractivity contribution in [3.05, 3.63) is 132 Å². The van der Waals surface area contributed by atoms with Crippen LogP contribution in [0.25, 0.3) is 10.8 Å². The van der Waals surface area contributed by atoms with Gasteiger partial charge in [0.15, 0.2) is 6.10 Å². The Labute approximate surface area is 257 Å². The van der Waals surface area contributed by atoms with E-state index >= 15 is 0 Å². The molecule has 0 spiro atoms. The van der Waals surface area contributed by atoms with Gasteiger partial charge < -0.3 is 23.7 Å². The fraction of sp³-hybridized carbons (Fsp3) is 0.306. The molecule has 0 radical (unpaired) electrons. The van der Waals surface area contributed by atoms with Gasteiger partial charge in [-0.05, 0) is 39.3 Å². The molecule has 0 unspecified atom stereocenters. The van der Waals surface area contributed by atoms with E-state index in [1.165, 1.54) is 5.39 Å². The van der Waals surface area contributed by atoms with Gasteiger partial charge in [-0.2, -0.15) is 0 Å². The Hall–Kier alpha value is -3.46. The Morgan fingerprint density at radius 1 is 0.744 bits per heavy atom. The number of ether oxygens (including phenoxy) is 5. The molecular formula is C36H38O6S. The maximum atomic E-state index is 13.6. The highest BCUT2D eigenvalue weighted by Gasteiger charge is 2.51. The second-order valence-corrected chi connectivity index (χ2v) is 11.7. The first-order chi connectivity index (χ1) is 21.2. The summed E-state index contributed by atoms with van der Waals surface area (Å²) in [7, 11) is 0. The first-order valence-electron chi connectivity index (χ1n) is 14.6. The van der Waals surface area contributed by atoms with Gasteiger partial charge in [-0.15, -0.1) is 18.3 Å². The van der Waals surface area contributed by atoms with Crippen molar-refractivity contribution in [1.82, 2.24) is 0 Å². The van der Waals surface area contributed by atoms with Crippen LogP contribution in [0.3, 0.4) is 0 Å². The summed E-state index contributed by atoms with van der Waals surface area (Å²) in [5, 5.41) is 2.32. The van der Waals surface area contributed by atoms with Crippen LogP contribution in [0.15, 0.2) is 116 Å². The lowest BCUT2D eigenvalue weighted by Crippen LogP contribution is -2.61. The van der Waals surface area contributed by atoms with Crippen molar-refractivity contribution in [2.24, 2.45) is 0 Å². The molecule has 1 fully saturated rings. The van der Waals surface area contributed by atoms with E-state index in [2.05, 4.69) is 43.8 Å². The quantitative estimate of drug-likeness (QED) is 0.113. The average molecular weight is 599 g/mol. The lowest BCUT2D eigenvalue weighted by Gasteiger charge is -2.45. The van der Waals surface area contributed by atoms with Gasteiger partial charge in [0.25, 0.3) is 0 Å². The van der Waals surface area contributed by atoms with Crippen molar-refractivity contribution >= 4 is 28.5 Å². The van der Waals surface area contributed by atoms with E-state index in [1.807, 2.05) is 72.8 Å². The predicted octanol–water partition coefficient (Wildman–Crippen LogP) is 7.10. The molecule has 0 bridgehead atoms. The van der Waals surface area contributed by atoms with E-state index in [4.69, 9.17) is 23.7 Å². The summed E-state index contributed by atoms with van der Waals surface area (Å²) in [4.78, 5) is 13.6. The van der Waals surface area contributed by atoms with Crippen LogP contribution in [0.1, 0.15) is 23.6 Å². The van der Waals surface area contributed by atoms with Crippen LogP contribution in [0.5, 0.6) is 0 Å². The third kappa shape index (κ3) is 8.34. The zero-order valence-electron chi connectivity index (χ0n) is 24.4. The highest BCUT2D eigenvalue weighted by Crippen LogP contribution is 2.35. The van der Waals surface area contributed by atoms with E-state index in [1.54, 1.807) is 17.8 Å². The highest BCUT2D eigenvalue weighted by molar-refractivity contribution is 7.99. The standard InChI is InChI=1S/C36H38O6S/c1-3-21-38-32-31(39-23-26-13-7-5-8-14-26)33(35(37)41-24-27-15-9-6-10-16-27)42-36(43-4-2)34(32)40-25-28-19-20-29-17-11-12-18-30(29)22-28/h3,5-20,22,31-34,36H,1,4,21,23-25H2,2H3/t31-,32-,33-,34+,36-/m0/s1. The number of fused-ring (bicyclic) bond motifs is 1. The first-order valence-corrected chi connectivity index (χ1v) is 15.7. The molecule has 5 rings (SSSR count). The lowest BCUT2D eigenvalue weighted by atomic mass is 9.98. The van der Waals surface area contributed by atoms with E-state index in [-0.39, 0.29) is 19.8 Å². The molecule has 0 amide bonds. The van der Waals surface area contributed by atoms with Gasteiger partial charge in [0.1, 0.15) is 30.4 Å². The number of hydrogen-bond donors (Lipinski definition) is 0. The number of thioether (sulfide) groups is 1. The molecule has 4 aromatic carbocycles. The van der Waals surface area contributed by atoms with Crippen molar-refractivity contribution in [3.8, 4) is 0 Å². The van der Waals surface area contributed by atoms with Gasteiger partial charge in [-0.25, -0.2) is 4.79 Å². The molecule has 1 heterocycles. The Kier molecular flexibility index (Phi) is 11.4. The number of rotatable bonds is 14. The van der Waals surface area contributed by atoms with Crippen LogP contribution >= 0.6 is 11.8 Å². The number of benzene rings is 4. The molecule has 6 nitrogen and oxygen atoms in total. The van der Waals surface area contributed by atoms with E-state index in [0.717, 1.165) is 27.8 Å². The summed E-state index contributed by atoms with van der Waals surface area (Å²) in [6, 6.07) is 34.0. The molecule has 0 aromatic heterocycles. The molecule has 1 aliphatic heterocycles. The fourth-order valence-electron chi connectivity index (χ4n) is 5.12. The van der Waals surface area contributed by atoms with Crippen LogP contribution in [0.4, 0.5) is 0 Å². The number of carbonyl (C=O) groups excluding carboxylic acids is 1. The summed E-state index contributed by atoms with van der Waals surface area (Å²) in [6.45, 7) is 6.92. The van der Waals surface area contributed by atoms with Crippen molar-refractivity contribution in [3.63, 3.8) is 0 Å². The molecule has 224 valence electrons. The zero-order valence-corrected chi connectivity index (χ0v) is 25.2. The van der Waals surface area contributed by atoms with Gasteiger partial charge in [0, 0.05) is 0 Å². The first kappa shape index (κ1) is 31.0. The van der Waals surface area contributed by atoms with Gasteiger partial charge in [0.05, 0.1) is 19.8 Å². The van der Waals surface area contributed by atoms with Crippen molar-refractivity contribution in [1.29, 1.82) is 0 Å². The van der Waals surface area contributed by atoms with Crippen molar-refractivity contribution in [2.45, 2.75) is 56.6 Å². The second-order valence-electron chi connectivity index (χ2n) is 10.3. The minimum atomic E-state index is -1.01. The van der Waals surface area contributed by atoms with Gasteiger partial charge in [-0.1, -0.05) is 110 Å². The Balaban J connectivity index is 1.41. The molecule has 4 aromatic rings. The maximum absolute atomic E-state index is 13.6. The molecule has 1 aliphatic rings. The Morgan fingerprint density at radius 3 is 2.07 bits per heavy atom. The molecule has 43 heavy (non-hydrogen) atoms. The lowest BCUT2D eigenvalue weighted by molar-refractivity contribution is -0.245.